The zero-order valence-electron chi connectivity index (χ0n) is 9.52. The van der Waals surface area contributed by atoms with Crippen molar-refractivity contribution in [3.05, 3.63) is 34.3 Å². The van der Waals surface area contributed by atoms with Crippen LogP contribution in [-0.2, 0) is 6.42 Å². The van der Waals surface area contributed by atoms with Gasteiger partial charge in [-0.25, -0.2) is 0 Å². The van der Waals surface area contributed by atoms with Gasteiger partial charge in [0.15, 0.2) is 0 Å². The topological polar surface area (TPSA) is 12.0 Å². The molecule has 0 aliphatic heterocycles. The quantitative estimate of drug-likeness (QED) is 0.873. The molecule has 96 valence electrons. The maximum Gasteiger partial charge on any atom is 0.401 e. The molecule has 17 heavy (non-hydrogen) atoms. The van der Waals surface area contributed by atoms with E-state index in [1.165, 1.54) is 0 Å². The smallest absolute Gasteiger partial charge is 0.308 e. The molecule has 0 heterocycles. The van der Waals surface area contributed by atoms with E-state index in [-0.39, 0.29) is 5.92 Å². The molecule has 1 atom stereocenters. The first-order valence-electron chi connectivity index (χ1n) is 5.39. The molecule has 1 N–H and O–H groups in total. The normalized spacial score (nSPS) is 13.7. The Morgan fingerprint density at radius 1 is 1.35 bits per heavy atom. The van der Waals surface area contributed by atoms with Gasteiger partial charge in [-0.2, -0.15) is 13.2 Å². The van der Waals surface area contributed by atoms with E-state index in [1.807, 2.05) is 31.2 Å². The van der Waals surface area contributed by atoms with Crippen LogP contribution in [0.2, 0.25) is 0 Å². The van der Waals surface area contributed by atoms with E-state index in [1.54, 1.807) is 0 Å². The van der Waals surface area contributed by atoms with E-state index in [0.717, 1.165) is 16.5 Å². The van der Waals surface area contributed by atoms with Crippen molar-refractivity contribution >= 4 is 15.9 Å². The molecule has 1 aromatic rings. The molecular formula is C12H15BrF3N. The van der Waals surface area contributed by atoms with Crippen LogP contribution in [0.3, 0.4) is 0 Å². The predicted molar refractivity (Wildman–Crippen MR) is 65.9 cm³/mol. The second-order valence-corrected chi connectivity index (χ2v) is 5.10. The van der Waals surface area contributed by atoms with Gasteiger partial charge in [-0.1, -0.05) is 35.0 Å². The van der Waals surface area contributed by atoms with E-state index in [4.69, 9.17) is 0 Å². The van der Waals surface area contributed by atoms with Crippen LogP contribution >= 0.6 is 15.9 Å². The minimum atomic E-state index is -4.13. The Morgan fingerprint density at radius 2 is 2.06 bits per heavy atom. The first kappa shape index (κ1) is 14.5. The zero-order chi connectivity index (χ0) is 12.9. The van der Waals surface area contributed by atoms with Gasteiger partial charge >= 0.3 is 6.18 Å². The van der Waals surface area contributed by atoms with Gasteiger partial charge in [-0.3, -0.25) is 0 Å². The lowest BCUT2D eigenvalue weighted by molar-refractivity contribution is -0.125. The average Bonchev–Trinajstić information content (AvgIpc) is 2.15. The van der Waals surface area contributed by atoms with Crippen LogP contribution in [0.15, 0.2) is 28.7 Å². The third-order valence-electron chi connectivity index (χ3n) is 2.29. The average molecular weight is 310 g/mol. The van der Waals surface area contributed by atoms with Crippen LogP contribution < -0.4 is 5.32 Å². The molecule has 0 spiro atoms. The van der Waals surface area contributed by atoms with Crippen LogP contribution in [0.4, 0.5) is 13.2 Å². The van der Waals surface area contributed by atoms with Gasteiger partial charge in [-0.05, 0) is 36.6 Å². The Bertz CT molecular complexity index is 352. The Kier molecular flexibility index (Phi) is 5.46. The summed E-state index contributed by atoms with van der Waals surface area (Å²) in [5, 5.41) is 2.42. The molecule has 0 radical (unpaired) electrons. The molecule has 0 aliphatic rings. The highest BCUT2D eigenvalue weighted by atomic mass is 79.9. The number of benzene rings is 1. The van der Waals surface area contributed by atoms with Crippen molar-refractivity contribution in [3.63, 3.8) is 0 Å². The summed E-state index contributed by atoms with van der Waals surface area (Å²) in [7, 11) is 0. The number of halogens is 4. The Morgan fingerprint density at radius 3 is 2.65 bits per heavy atom. The van der Waals surface area contributed by atoms with Crippen molar-refractivity contribution < 1.29 is 13.2 Å². The first-order chi connectivity index (χ1) is 7.87. The summed E-state index contributed by atoms with van der Waals surface area (Å²) in [6.07, 6.45) is -3.36. The highest BCUT2D eigenvalue weighted by Gasteiger charge is 2.26. The van der Waals surface area contributed by atoms with Crippen LogP contribution in [0.5, 0.6) is 0 Å². The van der Waals surface area contributed by atoms with Crippen molar-refractivity contribution in [1.82, 2.24) is 5.32 Å². The summed E-state index contributed by atoms with van der Waals surface area (Å²) in [5.74, 6) is 0.173. The Balaban J connectivity index is 2.32. The number of rotatable bonds is 5. The standard InChI is InChI=1S/C12H15BrF3N/c1-9(7-17-8-12(14,15)16)5-10-3-2-4-11(13)6-10/h2-4,6,9,17H,5,7-8H2,1H3. The monoisotopic (exact) mass is 309 g/mol. The maximum atomic E-state index is 11.9. The minimum Gasteiger partial charge on any atom is -0.308 e. The van der Waals surface area contributed by atoms with E-state index in [0.29, 0.717) is 6.54 Å². The summed E-state index contributed by atoms with van der Waals surface area (Å²) < 4.78 is 36.7. The molecule has 0 amide bonds. The molecule has 1 unspecified atom stereocenters. The van der Waals surface area contributed by atoms with E-state index in [2.05, 4.69) is 21.2 Å². The van der Waals surface area contributed by atoms with E-state index in [9.17, 15) is 13.2 Å². The van der Waals surface area contributed by atoms with Crippen molar-refractivity contribution in [2.75, 3.05) is 13.1 Å². The number of alkyl halides is 3. The molecule has 0 saturated heterocycles. The predicted octanol–water partition coefficient (Wildman–Crippen LogP) is 3.78. The summed E-state index contributed by atoms with van der Waals surface area (Å²) in [5.41, 5.74) is 1.13. The van der Waals surface area contributed by atoms with Gasteiger partial charge in [0.1, 0.15) is 0 Å². The first-order valence-corrected chi connectivity index (χ1v) is 6.18. The maximum absolute atomic E-state index is 11.9. The fraction of sp³-hybridized carbons (Fsp3) is 0.500. The third kappa shape index (κ3) is 6.68. The molecule has 0 bridgehead atoms. The number of hydrogen-bond acceptors (Lipinski definition) is 1. The largest absolute Gasteiger partial charge is 0.401 e. The lowest BCUT2D eigenvalue weighted by Crippen LogP contribution is -2.32. The number of hydrogen-bond donors (Lipinski definition) is 1. The third-order valence-corrected chi connectivity index (χ3v) is 2.78. The Hall–Kier alpha value is -0.550. The minimum absolute atomic E-state index is 0.173. The number of nitrogens with one attached hydrogen (secondary N) is 1. The van der Waals surface area contributed by atoms with Crippen molar-refractivity contribution in [2.45, 2.75) is 19.5 Å². The molecule has 1 nitrogen and oxygen atoms in total. The molecule has 0 saturated carbocycles. The lowest BCUT2D eigenvalue weighted by Gasteiger charge is -2.14. The summed E-state index contributed by atoms with van der Waals surface area (Å²) in [4.78, 5) is 0. The van der Waals surface area contributed by atoms with E-state index < -0.39 is 12.7 Å². The SMILES string of the molecule is CC(CNCC(F)(F)F)Cc1cccc(Br)c1. The molecular weight excluding hydrogens is 295 g/mol. The van der Waals surface area contributed by atoms with Gasteiger partial charge in [0.05, 0.1) is 6.54 Å². The second kappa shape index (κ2) is 6.40. The fourth-order valence-corrected chi connectivity index (χ4v) is 2.05. The lowest BCUT2D eigenvalue weighted by atomic mass is 10.0. The van der Waals surface area contributed by atoms with Gasteiger partial charge in [0, 0.05) is 4.47 Å². The van der Waals surface area contributed by atoms with Gasteiger partial charge in [0.25, 0.3) is 0 Å². The second-order valence-electron chi connectivity index (χ2n) is 4.19. The highest BCUT2D eigenvalue weighted by Crippen LogP contribution is 2.15. The molecule has 0 fully saturated rings. The molecule has 1 aromatic carbocycles. The molecule has 0 aliphatic carbocycles. The van der Waals surface area contributed by atoms with Crippen LogP contribution in [0.1, 0.15) is 12.5 Å². The summed E-state index contributed by atoms with van der Waals surface area (Å²) in [6, 6.07) is 7.82. The van der Waals surface area contributed by atoms with Gasteiger partial charge in [-0.15, -0.1) is 0 Å². The van der Waals surface area contributed by atoms with Gasteiger partial charge in [0.2, 0.25) is 0 Å². The summed E-state index contributed by atoms with van der Waals surface area (Å²) in [6.45, 7) is 1.38. The highest BCUT2D eigenvalue weighted by molar-refractivity contribution is 9.10. The van der Waals surface area contributed by atoms with Crippen molar-refractivity contribution in [1.29, 1.82) is 0 Å². The van der Waals surface area contributed by atoms with Crippen molar-refractivity contribution in [3.8, 4) is 0 Å². The van der Waals surface area contributed by atoms with E-state index >= 15 is 0 Å². The Labute approximate surface area is 108 Å². The fourth-order valence-electron chi connectivity index (χ4n) is 1.60. The summed E-state index contributed by atoms with van der Waals surface area (Å²) >= 11 is 3.37. The van der Waals surface area contributed by atoms with Crippen LogP contribution in [0.25, 0.3) is 0 Å². The van der Waals surface area contributed by atoms with Crippen LogP contribution in [-0.4, -0.2) is 19.3 Å². The van der Waals surface area contributed by atoms with Gasteiger partial charge < -0.3 is 5.32 Å². The molecule has 1 rings (SSSR count). The zero-order valence-corrected chi connectivity index (χ0v) is 11.1. The van der Waals surface area contributed by atoms with Crippen molar-refractivity contribution in [2.24, 2.45) is 5.92 Å². The molecule has 5 heteroatoms. The van der Waals surface area contributed by atoms with Crippen LogP contribution in [0, 0.1) is 5.92 Å². The molecule has 0 aromatic heterocycles.